The monoisotopic (exact) mass is 305 g/mol. The van der Waals surface area contributed by atoms with Gasteiger partial charge in [0.2, 0.25) is 5.91 Å². The highest BCUT2D eigenvalue weighted by atomic mass is 32.2. The molecule has 0 radical (unpaired) electrons. The van der Waals surface area contributed by atoms with Crippen LogP contribution in [0.15, 0.2) is 29.4 Å². The SMILES string of the molecule is CC(C)CC[C@@H](C)NC(=O)CSc1nc2ccccc2[nH]1. The van der Waals surface area contributed by atoms with E-state index in [1.807, 2.05) is 24.3 Å². The van der Waals surface area contributed by atoms with Crippen molar-refractivity contribution in [3.63, 3.8) is 0 Å². The summed E-state index contributed by atoms with van der Waals surface area (Å²) in [5, 5.41) is 3.83. The highest BCUT2D eigenvalue weighted by Crippen LogP contribution is 2.18. The van der Waals surface area contributed by atoms with Crippen molar-refractivity contribution in [2.75, 3.05) is 5.75 Å². The van der Waals surface area contributed by atoms with Crippen molar-refractivity contribution in [1.82, 2.24) is 15.3 Å². The van der Waals surface area contributed by atoms with Gasteiger partial charge in [0.15, 0.2) is 5.16 Å². The van der Waals surface area contributed by atoms with E-state index < -0.39 is 0 Å². The highest BCUT2D eigenvalue weighted by molar-refractivity contribution is 7.99. The summed E-state index contributed by atoms with van der Waals surface area (Å²) < 4.78 is 0. The molecule has 0 aliphatic heterocycles. The summed E-state index contributed by atoms with van der Waals surface area (Å²) in [5.74, 6) is 1.14. The normalized spacial score (nSPS) is 12.8. The number of aromatic nitrogens is 2. The van der Waals surface area contributed by atoms with Crippen LogP contribution in [-0.2, 0) is 4.79 Å². The number of benzene rings is 1. The summed E-state index contributed by atoms with van der Waals surface area (Å²) in [7, 11) is 0. The fraction of sp³-hybridized carbons (Fsp3) is 0.500. The van der Waals surface area contributed by atoms with Gasteiger partial charge in [0.1, 0.15) is 0 Å². The van der Waals surface area contributed by atoms with E-state index in [1.165, 1.54) is 11.8 Å². The molecule has 2 aromatic rings. The third-order valence-corrected chi connectivity index (χ3v) is 4.17. The maximum Gasteiger partial charge on any atom is 0.230 e. The molecule has 1 heterocycles. The highest BCUT2D eigenvalue weighted by Gasteiger charge is 2.10. The van der Waals surface area contributed by atoms with Crippen molar-refractivity contribution in [3.05, 3.63) is 24.3 Å². The van der Waals surface area contributed by atoms with Crippen molar-refractivity contribution in [2.45, 2.75) is 44.8 Å². The Labute approximate surface area is 130 Å². The minimum absolute atomic E-state index is 0.0664. The number of para-hydroxylation sites is 2. The van der Waals surface area contributed by atoms with Gasteiger partial charge in [0.25, 0.3) is 0 Å². The molecular formula is C16H23N3OS. The zero-order valence-electron chi connectivity index (χ0n) is 12.8. The van der Waals surface area contributed by atoms with Crippen LogP contribution in [0, 0.1) is 5.92 Å². The van der Waals surface area contributed by atoms with Crippen molar-refractivity contribution in [2.24, 2.45) is 5.92 Å². The molecule has 0 bridgehead atoms. The Hall–Kier alpha value is -1.49. The summed E-state index contributed by atoms with van der Waals surface area (Å²) in [6, 6.07) is 8.11. The molecule has 4 nitrogen and oxygen atoms in total. The standard InChI is InChI=1S/C16H23N3OS/c1-11(2)8-9-12(3)17-15(20)10-21-16-18-13-6-4-5-7-14(13)19-16/h4-7,11-12H,8-10H2,1-3H3,(H,17,20)(H,18,19)/t12-/m1/s1. The first-order valence-corrected chi connectivity index (χ1v) is 8.40. The number of amides is 1. The van der Waals surface area contributed by atoms with Gasteiger partial charge in [-0.3, -0.25) is 4.79 Å². The molecule has 0 spiro atoms. The average molecular weight is 305 g/mol. The number of H-pyrrole nitrogens is 1. The lowest BCUT2D eigenvalue weighted by Crippen LogP contribution is -2.34. The summed E-state index contributed by atoms with van der Waals surface area (Å²) in [6.07, 6.45) is 2.16. The number of hydrogen-bond acceptors (Lipinski definition) is 3. The van der Waals surface area contributed by atoms with Gasteiger partial charge in [0, 0.05) is 6.04 Å². The Bertz CT molecular complexity index is 561. The molecule has 1 amide bonds. The molecular weight excluding hydrogens is 282 g/mol. The molecule has 0 saturated carbocycles. The van der Waals surface area contributed by atoms with Gasteiger partial charge < -0.3 is 10.3 Å². The average Bonchev–Trinajstić information content (AvgIpc) is 2.86. The molecule has 1 aromatic carbocycles. The fourth-order valence-corrected chi connectivity index (χ4v) is 2.80. The van der Waals surface area contributed by atoms with Gasteiger partial charge in [0.05, 0.1) is 16.8 Å². The number of nitrogens with zero attached hydrogens (tertiary/aromatic N) is 1. The Morgan fingerprint density at radius 3 is 2.76 bits per heavy atom. The van der Waals surface area contributed by atoms with Crippen LogP contribution >= 0.6 is 11.8 Å². The van der Waals surface area contributed by atoms with E-state index in [4.69, 9.17) is 0 Å². The first-order chi connectivity index (χ1) is 10.0. The van der Waals surface area contributed by atoms with Crippen LogP contribution in [0.3, 0.4) is 0 Å². The topological polar surface area (TPSA) is 57.8 Å². The van der Waals surface area contributed by atoms with Crippen molar-refractivity contribution < 1.29 is 4.79 Å². The predicted octanol–water partition coefficient (Wildman–Crippen LogP) is 3.60. The van der Waals surface area contributed by atoms with Crippen LogP contribution < -0.4 is 5.32 Å². The molecule has 5 heteroatoms. The van der Waals surface area contributed by atoms with Crippen LogP contribution in [0.1, 0.15) is 33.6 Å². The Morgan fingerprint density at radius 2 is 2.05 bits per heavy atom. The molecule has 1 atom stereocenters. The number of rotatable bonds is 7. The summed E-state index contributed by atoms with van der Waals surface area (Å²) >= 11 is 1.44. The quantitative estimate of drug-likeness (QED) is 0.769. The molecule has 2 N–H and O–H groups in total. The van der Waals surface area contributed by atoms with E-state index >= 15 is 0 Å². The van der Waals surface area contributed by atoms with Crippen LogP contribution in [0.2, 0.25) is 0 Å². The van der Waals surface area contributed by atoms with Gasteiger partial charge in [-0.25, -0.2) is 4.98 Å². The van der Waals surface area contributed by atoms with Crippen LogP contribution in [0.25, 0.3) is 11.0 Å². The Balaban J connectivity index is 1.78. The van der Waals surface area contributed by atoms with Gasteiger partial charge >= 0.3 is 0 Å². The van der Waals surface area contributed by atoms with Crippen molar-refractivity contribution >= 4 is 28.7 Å². The lowest BCUT2D eigenvalue weighted by Gasteiger charge is -2.14. The van der Waals surface area contributed by atoms with Crippen molar-refractivity contribution in [3.8, 4) is 0 Å². The summed E-state index contributed by atoms with van der Waals surface area (Å²) in [6.45, 7) is 6.46. The second kappa shape index (κ2) is 7.50. The third kappa shape index (κ3) is 5.08. The maximum absolute atomic E-state index is 11.9. The number of carbonyl (C=O) groups is 1. The third-order valence-electron chi connectivity index (χ3n) is 3.29. The number of nitrogens with one attached hydrogen (secondary N) is 2. The summed E-state index contributed by atoms with van der Waals surface area (Å²) in [5.41, 5.74) is 1.94. The van der Waals surface area contributed by atoms with Gasteiger partial charge in [-0.1, -0.05) is 37.7 Å². The van der Waals surface area contributed by atoms with Crippen molar-refractivity contribution in [1.29, 1.82) is 0 Å². The van der Waals surface area contributed by atoms with E-state index in [-0.39, 0.29) is 11.9 Å². The lowest BCUT2D eigenvalue weighted by molar-refractivity contribution is -0.119. The van der Waals surface area contributed by atoms with E-state index in [0.717, 1.165) is 29.0 Å². The molecule has 0 fully saturated rings. The Kier molecular flexibility index (Phi) is 5.67. The molecule has 2 rings (SSSR count). The van der Waals surface area contributed by atoms with Crippen LogP contribution in [0.5, 0.6) is 0 Å². The van der Waals surface area contributed by atoms with E-state index in [2.05, 4.69) is 36.1 Å². The molecule has 0 saturated heterocycles. The van der Waals surface area contributed by atoms with E-state index in [1.54, 1.807) is 0 Å². The first kappa shape index (κ1) is 15.9. The zero-order valence-corrected chi connectivity index (χ0v) is 13.7. The molecule has 1 aromatic heterocycles. The van der Waals surface area contributed by atoms with E-state index in [9.17, 15) is 4.79 Å². The minimum atomic E-state index is 0.0664. The van der Waals surface area contributed by atoms with Crippen LogP contribution in [-0.4, -0.2) is 27.7 Å². The summed E-state index contributed by atoms with van der Waals surface area (Å²) in [4.78, 5) is 19.6. The molecule has 0 unspecified atom stereocenters. The molecule has 114 valence electrons. The lowest BCUT2D eigenvalue weighted by atomic mass is 10.0. The fourth-order valence-electron chi connectivity index (χ4n) is 2.10. The molecule has 21 heavy (non-hydrogen) atoms. The van der Waals surface area contributed by atoms with Crippen LogP contribution in [0.4, 0.5) is 0 Å². The second-order valence-corrected chi connectivity index (χ2v) is 6.75. The second-order valence-electron chi connectivity index (χ2n) is 5.79. The van der Waals surface area contributed by atoms with Gasteiger partial charge in [-0.2, -0.15) is 0 Å². The first-order valence-electron chi connectivity index (χ1n) is 7.41. The van der Waals surface area contributed by atoms with Gasteiger partial charge in [-0.05, 0) is 37.8 Å². The number of carbonyl (C=O) groups excluding carboxylic acids is 1. The number of aromatic amines is 1. The number of thioether (sulfide) groups is 1. The largest absolute Gasteiger partial charge is 0.353 e. The van der Waals surface area contributed by atoms with Gasteiger partial charge in [-0.15, -0.1) is 0 Å². The number of imidazole rings is 1. The zero-order chi connectivity index (χ0) is 15.2. The number of fused-ring (bicyclic) bond motifs is 1. The number of hydrogen-bond donors (Lipinski definition) is 2. The maximum atomic E-state index is 11.9. The predicted molar refractivity (Wildman–Crippen MR) is 88.5 cm³/mol. The molecule has 0 aliphatic carbocycles. The smallest absolute Gasteiger partial charge is 0.230 e. The Morgan fingerprint density at radius 1 is 1.29 bits per heavy atom. The van der Waals surface area contributed by atoms with E-state index in [0.29, 0.717) is 11.7 Å². The molecule has 0 aliphatic rings. The minimum Gasteiger partial charge on any atom is -0.353 e.